The van der Waals surface area contributed by atoms with Crippen LogP contribution in [0.5, 0.6) is 11.5 Å². The minimum Gasteiger partial charge on any atom is -0.657 e. The van der Waals surface area contributed by atoms with Gasteiger partial charge in [0.2, 0.25) is 0 Å². The molecule has 0 atom stereocenters. The molecule has 0 fully saturated rings. The SMILES string of the molecule is C=C(C1=C(C)c2cc3[n-]c(cc4nc(cc5[n-]c(cc1n2)c(C)c5CCC(=O)OC)C(CCC(=O)OC)=C4C)c(C)c3/C=C/c1ccc(OC)cc1)c1ccc(OC)cc1.[Zn+2]. The molecule has 0 saturated carbocycles. The van der Waals surface area contributed by atoms with E-state index in [4.69, 9.17) is 38.9 Å². The van der Waals surface area contributed by atoms with Crippen molar-refractivity contribution in [2.45, 2.75) is 53.4 Å². The molecule has 7 rings (SSSR count). The average Bonchev–Trinajstić information content (AvgIpc) is 3.93. The van der Waals surface area contributed by atoms with Gasteiger partial charge in [0.05, 0.1) is 51.2 Å². The normalized spacial score (nSPS) is 12.4. The van der Waals surface area contributed by atoms with Gasteiger partial charge in [-0.1, -0.05) is 84.0 Å². The molecule has 2 aliphatic heterocycles. The molecular formula is C50H48N4O6Zn. The van der Waals surface area contributed by atoms with Gasteiger partial charge < -0.3 is 28.9 Å². The second kappa shape index (κ2) is 18.9. The number of allylic oxidation sites excluding steroid dienone is 5. The molecule has 2 aliphatic rings. The van der Waals surface area contributed by atoms with E-state index in [1.807, 2.05) is 86.6 Å². The summed E-state index contributed by atoms with van der Waals surface area (Å²) in [6.07, 6.45) is 5.34. The van der Waals surface area contributed by atoms with Gasteiger partial charge in [0.25, 0.3) is 0 Å². The van der Waals surface area contributed by atoms with Crippen LogP contribution < -0.4 is 19.4 Å². The van der Waals surface area contributed by atoms with E-state index in [0.717, 1.165) is 95.2 Å². The van der Waals surface area contributed by atoms with E-state index in [-0.39, 0.29) is 44.3 Å². The van der Waals surface area contributed by atoms with Gasteiger partial charge in [-0.2, -0.15) is 0 Å². The first kappa shape index (κ1) is 44.2. The standard InChI is InChI=1S/C50H48N4O6.Zn/c1-28(34-13-17-36(58-7)18-14-34)50-32(5)43-25-44-37(19-12-33-10-15-35(57-6)16-11-33)29(2)40(51-44)24-41-30(3)38(20-22-48(55)59-8)45(52-41)27-46-39(21-23-49(56)60-9)31(4)42(53-46)26-47(50)54-43;/h10-19,24-27H,1,20-23H2,2-9H3;/q-2;+2/b19-12+,40-24?,41-24?,42-26?,43-25?,44-25?,45-27?,46-27?,47-26?;. The third-order valence-electron chi connectivity index (χ3n) is 11.3. The van der Waals surface area contributed by atoms with Crippen LogP contribution in [0, 0.1) is 13.8 Å². The van der Waals surface area contributed by atoms with Crippen LogP contribution in [-0.4, -0.2) is 50.3 Å². The predicted octanol–water partition coefficient (Wildman–Crippen LogP) is 10.0. The Balaban J connectivity index is 0.00000622. The topological polar surface area (TPSA) is 125 Å². The number of ether oxygens (including phenoxy) is 4. The molecule has 0 amide bonds. The number of fused-ring (bicyclic) bond motifs is 8. The Morgan fingerprint density at radius 3 is 1.79 bits per heavy atom. The number of aryl methyl sites for hydroxylation is 3. The van der Waals surface area contributed by atoms with Crippen molar-refractivity contribution in [1.82, 2.24) is 19.9 Å². The maximum atomic E-state index is 12.5. The van der Waals surface area contributed by atoms with Gasteiger partial charge in [-0.05, 0) is 104 Å². The van der Waals surface area contributed by atoms with E-state index in [0.29, 0.717) is 35.3 Å². The molecule has 11 heteroatoms. The van der Waals surface area contributed by atoms with E-state index in [9.17, 15) is 9.59 Å². The molecule has 0 N–H and O–H groups in total. The summed E-state index contributed by atoms with van der Waals surface area (Å²) in [5.74, 6) is 0.905. The summed E-state index contributed by atoms with van der Waals surface area (Å²) in [7, 11) is 6.08. The van der Waals surface area contributed by atoms with Crippen molar-refractivity contribution >= 4 is 74.0 Å². The van der Waals surface area contributed by atoms with Gasteiger partial charge in [-0.25, -0.2) is 9.97 Å². The maximum absolute atomic E-state index is 12.5. The monoisotopic (exact) mass is 864 g/mol. The van der Waals surface area contributed by atoms with Gasteiger partial charge in [-0.3, -0.25) is 9.59 Å². The van der Waals surface area contributed by atoms with Crippen molar-refractivity contribution in [3.63, 3.8) is 0 Å². The molecule has 2 aromatic carbocycles. The molecule has 0 aliphatic carbocycles. The van der Waals surface area contributed by atoms with Gasteiger partial charge in [0, 0.05) is 18.4 Å². The van der Waals surface area contributed by atoms with Crippen molar-refractivity contribution in [3.05, 3.63) is 136 Å². The summed E-state index contributed by atoms with van der Waals surface area (Å²) in [4.78, 5) is 45.8. The number of rotatable bonds is 12. The van der Waals surface area contributed by atoms with Crippen molar-refractivity contribution in [1.29, 1.82) is 0 Å². The first-order valence-electron chi connectivity index (χ1n) is 19.8. The van der Waals surface area contributed by atoms with Crippen LogP contribution >= 0.6 is 0 Å². The minimum absolute atomic E-state index is 0. The van der Waals surface area contributed by atoms with E-state index in [1.165, 1.54) is 14.2 Å². The fourth-order valence-corrected chi connectivity index (χ4v) is 7.69. The zero-order valence-corrected chi connectivity index (χ0v) is 39.0. The zero-order chi connectivity index (χ0) is 42.7. The molecule has 0 radical (unpaired) electrons. The molecule has 5 aromatic rings. The number of aromatic nitrogens is 4. The average molecular weight is 866 g/mol. The summed E-state index contributed by atoms with van der Waals surface area (Å²) in [6, 6.07) is 23.7. The third kappa shape index (κ3) is 9.22. The number of esters is 2. The van der Waals surface area contributed by atoms with Gasteiger partial charge in [-0.15, -0.1) is 22.1 Å². The molecule has 8 bridgehead atoms. The number of carbonyl (C=O) groups excluding carboxylic acids is 2. The summed E-state index contributed by atoms with van der Waals surface area (Å²) in [5, 5.41) is 0. The Labute approximate surface area is 369 Å². The summed E-state index contributed by atoms with van der Waals surface area (Å²) >= 11 is 0. The van der Waals surface area contributed by atoms with E-state index < -0.39 is 0 Å². The number of nitrogens with zero attached hydrogens (tertiary/aromatic N) is 4. The van der Waals surface area contributed by atoms with Crippen LogP contribution in [0.15, 0.2) is 79.4 Å². The van der Waals surface area contributed by atoms with Gasteiger partial charge in [0.1, 0.15) is 11.5 Å². The Kier molecular flexibility index (Phi) is 13.7. The first-order valence-corrected chi connectivity index (χ1v) is 19.8. The summed E-state index contributed by atoms with van der Waals surface area (Å²) in [5.41, 5.74) is 15.9. The number of hydrogen-bond donors (Lipinski definition) is 0. The van der Waals surface area contributed by atoms with E-state index in [1.54, 1.807) is 14.2 Å². The van der Waals surface area contributed by atoms with Crippen molar-refractivity contribution < 1.29 is 48.0 Å². The Morgan fingerprint density at radius 1 is 0.623 bits per heavy atom. The molecule has 3 aromatic heterocycles. The first-order chi connectivity index (χ1) is 28.9. The second-order valence-corrected chi connectivity index (χ2v) is 14.8. The quantitative estimate of drug-likeness (QED) is 0.0884. The number of benzene rings is 2. The minimum atomic E-state index is -0.315. The number of methoxy groups -OCH3 is 4. The van der Waals surface area contributed by atoms with Crippen molar-refractivity contribution in [2.24, 2.45) is 0 Å². The third-order valence-corrected chi connectivity index (χ3v) is 11.3. The van der Waals surface area contributed by atoms with Gasteiger partial charge >= 0.3 is 31.4 Å². The van der Waals surface area contributed by atoms with Crippen LogP contribution in [0.2, 0.25) is 0 Å². The van der Waals surface area contributed by atoms with Crippen LogP contribution in [-0.2, 0) is 45.0 Å². The van der Waals surface area contributed by atoms with Crippen LogP contribution in [0.3, 0.4) is 0 Å². The molecule has 0 unspecified atom stereocenters. The Bertz CT molecular complexity index is 2790. The smallest absolute Gasteiger partial charge is 0.657 e. The molecule has 61 heavy (non-hydrogen) atoms. The van der Waals surface area contributed by atoms with Crippen molar-refractivity contribution in [2.75, 3.05) is 28.4 Å². The number of carbonyl (C=O) groups is 2. The largest absolute Gasteiger partial charge is 2.00 e. The van der Waals surface area contributed by atoms with Crippen LogP contribution in [0.1, 0.15) is 89.3 Å². The number of hydrogen-bond acceptors (Lipinski definition) is 8. The molecule has 5 heterocycles. The molecule has 306 valence electrons. The Morgan fingerprint density at radius 2 is 1.15 bits per heavy atom. The van der Waals surface area contributed by atoms with Gasteiger partial charge in [0.15, 0.2) is 0 Å². The predicted molar refractivity (Wildman–Crippen MR) is 239 cm³/mol. The Hall–Kier alpha value is -6.32. The van der Waals surface area contributed by atoms with Crippen molar-refractivity contribution in [3.8, 4) is 11.5 Å². The molecule has 0 saturated heterocycles. The summed E-state index contributed by atoms with van der Waals surface area (Å²) in [6.45, 7) is 12.7. The summed E-state index contributed by atoms with van der Waals surface area (Å²) < 4.78 is 20.9. The molecular weight excluding hydrogens is 818 g/mol. The molecule has 0 spiro atoms. The fraction of sp³-hybridized carbons (Fsp3) is 0.240. The fourth-order valence-electron chi connectivity index (χ4n) is 7.69. The zero-order valence-electron chi connectivity index (χ0n) is 36.1. The maximum Gasteiger partial charge on any atom is 2.00 e. The second-order valence-electron chi connectivity index (χ2n) is 14.8. The molecule has 10 nitrogen and oxygen atoms in total. The van der Waals surface area contributed by atoms with Crippen LogP contribution in [0.4, 0.5) is 0 Å². The van der Waals surface area contributed by atoms with E-state index in [2.05, 4.69) is 32.6 Å². The van der Waals surface area contributed by atoms with E-state index >= 15 is 0 Å². The van der Waals surface area contributed by atoms with Crippen LogP contribution in [0.25, 0.3) is 62.1 Å².